The summed E-state index contributed by atoms with van der Waals surface area (Å²) in [5.74, 6) is -4.40. The van der Waals surface area contributed by atoms with Gasteiger partial charge in [-0.2, -0.15) is 0 Å². The number of aliphatic hydroxyl groups is 1. The molecule has 0 aliphatic carbocycles. The fourth-order valence-electron chi connectivity index (χ4n) is 6.51. The number of aromatic nitrogens is 1. The predicted molar refractivity (Wildman–Crippen MR) is 185 cm³/mol. The summed E-state index contributed by atoms with van der Waals surface area (Å²) >= 11 is 3.56. The van der Waals surface area contributed by atoms with Crippen LogP contribution in [0.4, 0.5) is 0 Å². The van der Waals surface area contributed by atoms with Gasteiger partial charge < -0.3 is 30.7 Å². The Labute approximate surface area is 288 Å². The molecule has 0 saturated carbocycles. The van der Waals surface area contributed by atoms with E-state index in [-0.39, 0.29) is 42.8 Å². The quantitative estimate of drug-likeness (QED) is 0.186. The fourth-order valence-corrected chi connectivity index (χ4v) is 7.10. The number of likely N-dealkylation sites (N-methyl/N-ethyl adjacent to an activating group) is 1. The third-order valence-electron chi connectivity index (χ3n) is 9.11. The van der Waals surface area contributed by atoms with Gasteiger partial charge in [-0.05, 0) is 84.4 Å². The monoisotopic (exact) mass is 722 g/mol. The molecule has 11 nitrogen and oxygen atoms in total. The van der Waals surface area contributed by atoms with E-state index >= 15 is 0 Å². The average molecular weight is 724 g/mol. The number of allylic oxidation sites excluding steroid dienone is 1. The molecule has 0 radical (unpaired) electrons. The number of rotatable bonds is 11. The number of hydrogen-bond donors (Lipinski definition) is 5. The number of nitrogens with one attached hydrogen (secondary N) is 3. The van der Waals surface area contributed by atoms with Crippen molar-refractivity contribution in [2.75, 3.05) is 7.05 Å². The van der Waals surface area contributed by atoms with Crippen LogP contribution in [0, 0.1) is 5.92 Å². The minimum absolute atomic E-state index is 0.000405. The van der Waals surface area contributed by atoms with Gasteiger partial charge in [0, 0.05) is 36.7 Å². The lowest BCUT2D eigenvalue weighted by Gasteiger charge is -2.40. The van der Waals surface area contributed by atoms with E-state index in [0.29, 0.717) is 10.2 Å². The summed E-state index contributed by atoms with van der Waals surface area (Å²) in [6, 6.07) is 11.2. The number of phenolic OH excluding ortho intramolecular Hbond substituents is 1. The molecule has 48 heavy (non-hydrogen) atoms. The largest absolute Gasteiger partial charge is 0.508 e. The van der Waals surface area contributed by atoms with E-state index < -0.39 is 59.1 Å². The molecule has 12 heteroatoms. The molecule has 6 atom stereocenters. The van der Waals surface area contributed by atoms with Crippen molar-refractivity contribution in [3.63, 3.8) is 0 Å². The van der Waals surface area contributed by atoms with Gasteiger partial charge in [-0.3, -0.25) is 24.0 Å². The highest BCUT2D eigenvalue weighted by Crippen LogP contribution is 2.36. The zero-order chi connectivity index (χ0) is 35.5. The Bertz CT molecular complexity index is 1730. The number of phenols is 1. The third-order valence-corrected chi connectivity index (χ3v) is 9.79. The molecule has 0 spiro atoms. The Kier molecular flexibility index (Phi) is 11.3. The van der Waals surface area contributed by atoms with Gasteiger partial charge in [0.2, 0.25) is 17.7 Å². The minimum atomic E-state index is -1.89. The summed E-state index contributed by atoms with van der Waals surface area (Å²) in [7, 11) is 1.47. The highest BCUT2D eigenvalue weighted by Gasteiger charge is 2.52. The molecule has 3 amide bonds. The van der Waals surface area contributed by atoms with Gasteiger partial charge in [0.05, 0.1) is 22.7 Å². The molecule has 3 aromatic rings. The number of aromatic amines is 1. The minimum Gasteiger partial charge on any atom is -0.508 e. The van der Waals surface area contributed by atoms with Crippen LogP contribution in [0.1, 0.15) is 64.0 Å². The summed E-state index contributed by atoms with van der Waals surface area (Å²) < 4.78 is 0.650. The van der Waals surface area contributed by atoms with Crippen molar-refractivity contribution in [3.8, 4) is 5.75 Å². The number of hydrogen-bond acceptors (Lipinski definition) is 7. The molecular weight excluding hydrogens is 680 g/mol. The number of benzene rings is 2. The first-order chi connectivity index (χ1) is 22.5. The molecule has 2 aromatic carbocycles. The second-order valence-corrected chi connectivity index (χ2v) is 13.8. The highest BCUT2D eigenvalue weighted by molar-refractivity contribution is 9.10. The van der Waals surface area contributed by atoms with Crippen LogP contribution in [-0.2, 0) is 30.4 Å². The number of nitrogens with zero attached hydrogens (tertiary/aromatic N) is 1. The maximum Gasteiger partial charge on any atom is 0.249 e. The highest BCUT2D eigenvalue weighted by atomic mass is 79.9. The van der Waals surface area contributed by atoms with E-state index in [1.54, 1.807) is 13.8 Å². The number of H-pyrrole nitrogens is 1. The third kappa shape index (κ3) is 7.71. The van der Waals surface area contributed by atoms with E-state index in [9.17, 15) is 34.2 Å². The number of aliphatic hydroxyl groups excluding tert-OH is 1. The maximum atomic E-state index is 14.7. The van der Waals surface area contributed by atoms with Crippen LogP contribution in [0.3, 0.4) is 0 Å². The van der Waals surface area contributed by atoms with Gasteiger partial charge in [-0.25, -0.2) is 0 Å². The number of aromatic hydroxyl groups is 1. The number of carbonyl (C=O) groups excluding carboxylic acids is 5. The van der Waals surface area contributed by atoms with E-state index in [0.717, 1.165) is 16.5 Å². The Morgan fingerprint density at radius 3 is 2.38 bits per heavy atom. The van der Waals surface area contributed by atoms with Crippen molar-refractivity contribution < 1.29 is 34.2 Å². The van der Waals surface area contributed by atoms with Crippen LogP contribution < -0.4 is 10.6 Å². The van der Waals surface area contributed by atoms with Crippen molar-refractivity contribution in [1.82, 2.24) is 20.5 Å². The van der Waals surface area contributed by atoms with Crippen LogP contribution in [0.5, 0.6) is 5.75 Å². The zero-order valence-electron chi connectivity index (χ0n) is 27.8. The predicted octanol–water partition coefficient (Wildman–Crippen LogP) is 4.06. The number of amides is 3. The number of fused-ring (bicyclic) bond motifs is 1. The van der Waals surface area contributed by atoms with Gasteiger partial charge in [-0.15, -0.1) is 0 Å². The summed E-state index contributed by atoms with van der Waals surface area (Å²) in [4.78, 5) is 73.7. The lowest BCUT2D eigenvalue weighted by atomic mass is 9.74. The Morgan fingerprint density at radius 2 is 1.73 bits per heavy atom. The first-order valence-corrected chi connectivity index (χ1v) is 16.7. The van der Waals surface area contributed by atoms with E-state index in [1.165, 1.54) is 50.1 Å². The van der Waals surface area contributed by atoms with E-state index in [4.69, 9.17) is 0 Å². The number of halogens is 1. The number of ketones is 2. The molecule has 1 aliphatic rings. The second kappa shape index (κ2) is 14.9. The molecule has 0 bridgehead atoms. The summed E-state index contributed by atoms with van der Waals surface area (Å²) in [6.45, 7) is 10.1. The van der Waals surface area contributed by atoms with Crippen molar-refractivity contribution in [1.29, 1.82) is 0 Å². The van der Waals surface area contributed by atoms with Crippen molar-refractivity contribution in [2.24, 2.45) is 5.92 Å². The first-order valence-electron chi connectivity index (χ1n) is 15.9. The molecule has 5 N–H and O–H groups in total. The normalized spacial score (nSPS) is 23.1. The Morgan fingerprint density at radius 1 is 1.08 bits per heavy atom. The molecule has 2 heterocycles. The smallest absolute Gasteiger partial charge is 0.249 e. The summed E-state index contributed by atoms with van der Waals surface area (Å²) in [5.41, 5.74) is 0.275. The van der Waals surface area contributed by atoms with E-state index in [1.807, 2.05) is 24.3 Å². The Hall–Kier alpha value is -4.29. The first kappa shape index (κ1) is 36.5. The van der Waals surface area contributed by atoms with Crippen LogP contribution in [-0.4, -0.2) is 80.2 Å². The SMILES string of the molecule is C=C(CCC(=O)NC1(C)C(=O)N(C)C(Cc2c(Br)[nH]c3ccccc23)C(=O)NC(C)C(=O)C1c1ccc(O)cc1)C(=O)C(C)CC(C)O. The summed E-state index contributed by atoms with van der Waals surface area (Å²) in [5, 5.41) is 26.1. The molecule has 1 aromatic heterocycles. The lowest BCUT2D eigenvalue weighted by molar-refractivity contribution is -0.146. The standard InChI is InChI=1S/C36H43BrN4O7/c1-19(31(45)20(2)17-21(3)42)11-16-29(44)40-36(5)30(23-12-14-24(43)15-13-23)32(46)22(4)38-34(47)28(41(6)35(36)48)18-26-25-9-7-8-10-27(25)39-33(26)37/h7-10,12-15,20-22,28,30,39,42-43H,1,11,16-18H2,2-6H3,(H,38,47)(H,40,44). The van der Waals surface area contributed by atoms with Gasteiger partial charge in [0.15, 0.2) is 11.6 Å². The van der Waals surface area contributed by atoms with Crippen molar-refractivity contribution in [2.45, 2.75) is 83.0 Å². The zero-order valence-corrected chi connectivity index (χ0v) is 29.4. The topological polar surface area (TPSA) is 169 Å². The number of carbonyl (C=O) groups is 5. The molecular formula is C36H43BrN4O7. The van der Waals surface area contributed by atoms with Gasteiger partial charge in [0.25, 0.3) is 0 Å². The molecule has 4 rings (SSSR count). The average Bonchev–Trinajstić information content (AvgIpc) is 3.36. The van der Waals surface area contributed by atoms with Gasteiger partial charge in [-0.1, -0.05) is 43.8 Å². The van der Waals surface area contributed by atoms with E-state index in [2.05, 4.69) is 38.1 Å². The number of Topliss-reactive ketones (excluding diaryl/α,β-unsaturated/α-hetero) is 2. The number of para-hydroxylation sites is 1. The fraction of sp³-hybridized carbons (Fsp3) is 0.417. The lowest BCUT2D eigenvalue weighted by Crippen LogP contribution is -2.63. The van der Waals surface area contributed by atoms with Crippen molar-refractivity contribution >= 4 is 56.1 Å². The van der Waals surface area contributed by atoms with Crippen LogP contribution >= 0.6 is 15.9 Å². The molecule has 1 aliphatic heterocycles. The second-order valence-electron chi connectivity index (χ2n) is 13.0. The maximum absolute atomic E-state index is 14.7. The van der Waals surface area contributed by atoms with Crippen LogP contribution in [0.25, 0.3) is 10.9 Å². The van der Waals surface area contributed by atoms with Gasteiger partial charge >= 0.3 is 0 Å². The molecule has 6 unspecified atom stereocenters. The van der Waals surface area contributed by atoms with Crippen molar-refractivity contribution in [3.05, 3.63) is 76.4 Å². The van der Waals surface area contributed by atoms with Crippen LogP contribution in [0.2, 0.25) is 0 Å². The van der Waals surface area contributed by atoms with Crippen LogP contribution in [0.15, 0.2) is 65.3 Å². The Balaban J connectivity index is 1.72. The molecule has 1 saturated heterocycles. The summed E-state index contributed by atoms with van der Waals surface area (Å²) in [6.07, 6.45) is -0.528. The molecule has 1 fully saturated rings. The molecule has 256 valence electrons. The van der Waals surface area contributed by atoms with Gasteiger partial charge in [0.1, 0.15) is 17.3 Å².